The lowest BCUT2D eigenvalue weighted by atomic mass is 10.2. The SMILES string of the molecule is CCc1csc2c(=O)c(C(=O)O)nn(Cc3ccc(I)cc3)c12. The van der Waals surface area contributed by atoms with Crippen molar-refractivity contribution >= 4 is 50.1 Å². The van der Waals surface area contributed by atoms with Gasteiger partial charge in [-0.1, -0.05) is 19.1 Å². The summed E-state index contributed by atoms with van der Waals surface area (Å²) in [6.07, 6.45) is 0.764. The molecule has 0 saturated carbocycles. The maximum atomic E-state index is 12.3. The smallest absolute Gasteiger partial charge is 0.360 e. The monoisotopic (exact) mass is 440 g/mol. The quantitative estimate of drug-likeness (QED) is 0.632. The molecule has 3 rings (SSSR count). The van der Waals surface area contributed by atoms with Crippen LogP contribution >= 0.6 is 33.9 Å². The molecule has 0 bridgehead atoms. The topological polar surface area (TPSA) is 72.2 Å². The van der Waals surface area contributed by atoms with Gasteiger partial charge in [-0.15, -0.1) is 11.3 Å². The van der Waals surface area contributed by atoms with Crippen molar-refractivity contribution in [1.29, 1.82) is 0 Å². The fourth-order valence-electron chi connectivity index (χ4n) is 2.42. The Labute approximate surface area is 149 Å². The molecule has 0 atom stereocenters. The Bertz CT molecular complexity index is 944. The summed E-state index contributed by atoms with van der Waals surface area (Å²) in [7, 11) is 0. The Morgan fingerprint density at radius 2 is 2.04 bits per heavy atom. The molecule has 0 aliphatic heterocycles. The first kappa shape index (κ1) is 16.1. The molecule has 23 heavy (non-hydrogen) atoms. The maximum absolute atomic E-state index is 12.3. The van der Waals surface area contributed by atoms with Crippen molar-refractivity contribution in [3.63, 3.8) is 0 Å². The van der Waals surface area contributed by atoms with Gasteiger partial charge < -0.3 is 5.11 Å². The van der Waals surface area contributed by atoms with Crippen LogP contribution in [-0.2, 0) is 13.0 Å². The van der Waals surface area contributed by atoms with Crippen LogP contribution in [0, 0.1) is 3.57 Å². The average molecular weight is 440 g/mol. The fourth-order valence-corrected chi connectivity index (χ4v) is 3.87. The first-order chi connectivity index (χ1) is 11.0. The van der Waals surface area contributed by atoms with E-state index in [1.807, 2.05) is 36.6 Å². The molecule has 0 radical (unpaired) electrons. The summed E-state index contributed by atoms with van der Waals surface area (Å²) in [6, 6.07) is 7.93. The number of halogens is 1. The van der Waals surface area contributed by atoms with E-state index in [9.17, 15) is 14.7 Å². The van der Waals surface area contributed by atoms with Crippen LogP contribution in [0.25, 0.3) is 10.2 Å². The number of hydrogen-bond acceptors (Lipinski definition) is 4. The number of fused-ring (bicyclic) bond motifs is 1. The molecular formula is C16H13IN2O3S. The van der Waals surface area contributed by atoms with E-state index in [-0.39, 0.29) is 0 Å². The van der Waals surface area contributed by atoms with Gasteiger partial charge in [0.2, 0.25) is 11.1 Å². The lowest BCUT2D eigenvalue weighted by Crippen LogP contribution is -2.22. The van der Waals surface area contributed by atoms with E-state index in [0.717, 1.165) is 26.6 Å². The molecule has 1 aromatic carbocycles. The van der Waals surface area contributed by atoms with Gasteiger partial charge in [0.1, 0.15) is 4.70 Å². The van der Waals surface area contributed by atoms with E-state index in [0.29, 0.717) is 11.2 Å². The summed E-state index contributed by atoms with van der Waals surface area (Å²) in [4.78, 5) is 23.6. The highest BCUT2D eigenvalue weighted by atomic mass is 127. The van der Waals surface area contributed by atoms with Gasteiger partial charge in [-0.05, 0) is 57.7 Å². The Morgan fingerprint density at radius 1 is 1.35 bits per heavy atom. The third-order valence-electron chi connectivity index (χ3n) is 3.57. The van der Waals surface area contributed by atoms with Crippen molar-refractivity contribution in [1.82, 2.24) is 9.78 Å². The normalized spacial score (nSPS) is 11.0. The zero-order chi connectivity index (χ0) is 16.6. The molecule has 7 heteroatoms. The number of aromatic carboxylic acids is 1. The third-order valence-corrected chi connectivity index (χ3v) is 5.30. The van der Waals surface area contributed by atoms with Gasteiger partial charge in [0, 0.05) is 3.57 Å². The van der Waals surface area contributed by atoms with Gasteiger partial charge in [0.05, 0.1) is 12.1 Å². The third kappa shape index (κ3) is 3.02. The second-order valence-corrected chi connectivity index (χ2v) is 7.18. The zero-order valence-corrected chi connectivity index (χ0v) is 15.2. The molecule has 118 valence electrons. The second-order valence-electron chi connectivity index (χ2n) is 5.06. The number of benzene rings is 1. The van der Waals surface area contributed by atoms with Crippen LogP contribution < -0.4 is 5.43 Å². The number of thiophene rings is 1. The number of carboxylic acid groups (broad SMARTS) is 1. The van der Waals surface area contributed by atoms with Crippen LogP contribution in [-0.4, -0.2) is 20.9 Å². The van der Waals surface area contributed by atoms with Gasteiger partial charge >= 0.3 is 5.97 Å². The van der Waals surface area contributed by atoms with E-state index < -0.39 is 17.1 Å². The zero-order valence-electron chi connectivity index (χ0n) is 12.2. The van der Waals surface area contributed by atoms with E-state index in [4.69, 9.17) is 0 Å². The number of rotatable bonds is 4. The van der Waals surface area contributed by atoms with Gasteiger partial charge in [-0.25, -0.2) is 4.79 Å². The second kappa shape index (κ2) is 6.40. The van der Waals surface area contributed by atoms with Crippen molar-refractivity contribution in [3.8, 4) is 0 Å². The molecule has 1 N–H and O–H groups in total. The highest BCUT2D eigenvalue weighted by molar-refractivity contribution is 14.1. The molecule has 2 heterocycles. The molecule has 0 unspecified atom stereocenters. The van der Waals surface area contributed by atoms with E-state index in [2.05, 4.69) is 27.7 Å². The molecule has 0 aliphatic rings. The van der Waals surface area contributed by atoms with Gasteiger partial charge in [-0.2, -0.15) is 5.10 Å². The number of nitrogens with zero attached hydrogens (tertiary/aromatic N) is 2. The minimum atomic E-state index is -1.29. The first-order valence-electron chi connectivity index (χ1n) is 7.00. The van der Waals surface area contributed by atoms with Crippen molar-refractivity contribution in [2.75, 3.05) is 0 Å². The summed E-state index contributed by atoms with van der Waals surface area (Å²) >= 11 is 3.52. The van der Waals surface area contributed by atoms with Crippen LogP contribution in [0.4, 0.5) is 0 Å². The highest BCUT2D eigenvalue weighted by Gasteiger charge is 2.19. The van der Waals surface area contributed by atoms with Crippen LogP contribution in [0.5, 0.6) is 0 Å². The fraction of sp³-hybridized carbons (Fsp3) is 0.188. The summed E-state index contributed by atoms with van der Waals surface area (Å²) in [5.41, 5.74) is 1.83. The molecule has 0 saturated heterocycles. The summed E-state index contributed by atoms with van der Waals surface area (Å²) < 4.78 is 3.22. The standard InChI is InChI=1S/C16H13IN2O3S/c1-2-10-8-23-15-13(10)19(18-12(14(15)20)16(21)22)7-9-3-5-11(17)6-4-9/h3-6,8H,2,7H2,1H3,(H,21,22). The lowest BCUT2D eigenvalue weighted by molar-refractivity contribution is 0.0686. The van der Waals surface area contributed by atoms with Gasteiger partial charge in [0.15, 0.2) is 0 Å². The van der Waals surface area contributed by atoms with Crippen LogP contribution in [0.2, 0.25) is 0 Å². The van der Waals surface area contributed by atoms with E-state index in [1.165, 1.54) is 11.3 Å². The van der Waals surface area contributed by atoms with Crippen molar-refractivity contribution < 1.29 is 9.90 Å². The molecule has 0 fully saturated rings. The molecular weight excluding hydrogens is 427 g/mol. The average Bonchev–Trinajstić information content (AvgIpc) is 2.96. The maximum Gasteiger partial charge on any atom is 0.360 e. The number of aryl methyl sites for hydroxylation is 1. The van der Waals surface area contributed by atoms with Crippen molar-refractivity contribution in [3.05, 3.63) is 60.3 Å². The molecule has 3 aromatic rings. The van der Waals surface area contributed by atoms with Gasteiger partial charge in [0.25, 0.3) is 0 Å². The number of aromatic nitrogens is 2. The van der Waals surface area contributed by atoms with Crippen LogP contribution in [0.15, 0.2) is 34.4 Å². The van der Waals surface area contributed by atoms with Crippen molar-refractivity contribution in [2.24, 2.45) is 0 Å². The predicted octanol–water partition coefficient (Wildman–Crippen LogP) is 3.37. The Morgan fingerprint density at radius 3 is 2.65 bits per heavy atom. The molecule has 2 aromatic heterocycles. The minimum absolute atomic E-state index is 0.424. The molecule has 0 aliphatic carbocycles. The van der Waals surface area contributed by atoms with Crippen molar-refractivity contribution in [2.45, 2.75) is 19.9 Å². The molecule has 5 nitrogen and oxygen atoms in total. The Kier molecular flexibility index (Phi) is 4.49. The summed E-state index contributed by atoms with van der Waals surface area (Å²) in [5, 5.41) is 15.3. The van der Waals surface area contributed by atoms with E-state index >= 15 is 0 Å². The lowest BCUT2D eigenvalue weighted by Gasteiger charge is -2.10. The molecule has 0 amide bonds. The predicted molar refractivity (Wildman–Crippen MR) is 98.5 cm³/mol. The first-order valence-corrected chi connectivity index (χ1v) is 8.96. The van der Waals surface area contributed by atoms with E-state index in [1.54, 1.807) is 4.68 Å². The minimum Gasteiger partial charge on any atom is -0.476 e. The molecule has 0 spiro atoms. The largest absolute Gasteiger partial charge is 0.476 e. The Balaban J connectivity index is 2.22. The number of carboxylic acids is 1. The van der Waals surface area contributed by atoms with Gasteiger partial charge in [-0.3, -0.25) is 9.48 Å². The Hall–Kier alpha value is -1.74. The number of hydrogen-bond donors (Lipinski definition) is 1. The van der Waals surface area contributed by atoms with Crippen LogP contribution in [0.3, 0.4) is 0 Å². The highest BCUT2D eigenvalue weighted by Crippen LogP contribution is 2.24. The summed E-state index contributed by atoms with van der Waals surface area (Å²) in [6.45, 7) is 2.43. The van der Waals surface area contributed by atoms with Crippen LogP contribution in [0.1, 0.15) is 28.5 Å². The summed E-state index contributed by atoms with van der Waals surface area (Å²) in [5.74, 6) is -1.29. The number of carbonyl (C=O) groups is 1.